The number of ether oxygens (including phenoxy) is 1. The van der Waals surface area contributed by atoms with Crippen LogP contribution in [-0.4, -0.2) is 9.97 Å². The van der Waals surface area contributed by atoms with Gasteiger partial charge in [-0.2, -0.15) is 12.1 Å². The van der Waals surface area contributed by atoms with Gasteiger partial charge >= 0.3 is 21.1 Å². The normalized spacial score (nSPS) is 13.6. The molecule has 1 aliphatic heterocycles. The van der Waals surface area contributed by atoms with Gasteiger partial charge in [0.05, 0.1) is 22.5 Å². The molecule has 4 nitrogen and oxygen atoms in total. The fraction of sp³-hybridized carbons (Fsp3) is 0.245. The monoisotopic (exact) mass is 940 g/mol. The van der Waals surface area contributed by atoms with Crippen LogP contribution in [0.2, 0.25) is 0 Å². The summed E-state index contributed by atoms with van der Waals surface area (Å²) in [6.45, 7) is 20.5. The van der Waals surface area contributed by atoms with Crippen molar-refractivity contribution in [2.24, 2.45) is 0 Å². The zero-order valence-corrected chi connectivity index (χ0v) is 37.2. The van der Waals surface area contributed by atoms with Gasteiger partial charge in [0, 0.05) is 29.6 Å². The number of benzene rings is 5. The van der Waals surface area contributed by atoms with Crippen molar-refractivity contribution in [3.8, 4) is 22.8 Å². The molecule has 0 spiro atoms. The SMILES string of the molecule is CC(C)(C)c1ccc(N2c3ccc(C(C)(C)C)cc3C(c3[c-]c(Oc4[c-]c(-c5ccccn5)ccc4)ccc3)(c3ccccn3)c3cc(C(C)(C)C)ccc32)cc1.[Pt+2]. The Morgan fingerprint density at radius 2 is 1.05 bits per heavy atom. The third kappa shape index (κ3) is 7.56. The van der Waals surface area contributed by atoms with Crippen molar-refractivity contribution in [1.82, 2.24) is 9.97 Å². The topological polar surface area (TPSA) is 38.2 Å². The molecule has 7 aromatic rings. The Labute approximate surface area is 359 Å². The summed E-state index contributed by atoms with van der Waals surface area (Å²) < 4.78 is 6.64. The minimum absolute atomic E-state index is 0. The fourth-order valence-electron chi connectivity index (χ4n) is 7.97. The molecule has 0 fully saturated rings. The minimum atomic E-state index is -0.866. The molecule has 0 unspecified atom stereocenters. The van der Waals surface area contributed by atoms with Crippen molar-refractivity contribution >= 4 is 17.1 Å². The van der Waals surface area contributed by atoms with E-state index in [1.165, 1.54) is 16.7 Å². The Morgan fingerprint density at radius 3 is 1.59 bits per heavy atom. The second kappa shape index (κ2) is 15.5. The zero-order valence-electron chi connectivity index (χ0n) is 34.9. The number of nitrogens with zero attached hydrogens (tertiary/aromatic N) is 3. The van der Waals surface area contributed by atoms with Crippen LogP contribution in [0.1, 0.15) is 101 Å². The third-order valence-corrected chi connectivity index (χ3v) is 11.2. The molecule has 58 heavy (non-hydrogen) atoms. The predicted molar refractivity (Wildman–Crippen MR) is 234 cm³/mol. The van der Waals surface area contributed by atoms with Crippen LogP contribution in [0.4, 0.5) is 17.1 Å². The maximum atomic E-state index is 6.64. The van der Waals surface area contributed by atoms with Gasteiger partial charge in [-0.3, -0.25) is 4.98 Å². The molecule has 0 atom stereocenters. The van der Waals surface area contributed by atoms with Crippen molar-refractivity contribution in [1.29, 1.82) is 0 Å². The maximum Gasteiger partial charge on any atom is 2.00 e. The molecule has 0 saturated carbocycles. The number of rotatable bonds is 6. The Morgan fingerprint density at radius 1 is 0.517 bits per heavy atom. The van der Waals surface area contributed by atoms with E-state index in [-0.39, 0.29) is 37.3 Å². The van der Waals surface area contributed by atoms with Gasteiger partial charge in [-0.1, -0.05) is 123 Å². The molecular weight excluding hydrogens is 890 g/mol. The quantitative estimate of drug-likeness (QED) is 0.156. The molecule has 0 aliphatic carbocycles. The molecule has 0 bridgehead atoms. The molecule has 294 valence electrons. The van der Waals surface area contributed by atoms with Crippen molar-refractivity contribution in [2.75, 3.05) is 4.90 Å². The molecule has 0 saturated heterocycles. The van der Waals surface area contributed by atoms with Crippen LogP contribution in [0.25, 0.3) is 11.3 Å². The molecule has 5 aromatic carbocycles. The number of anilines is 3. The van der Waals surface area contributed by atoms with Gasteiger partial charge in [0.25, 0.3) is 0 Å². The second-order valence-electron chi connectivity index (χ2n) is 18.2. The predicted octanol–water partition coefficient (Wildman–Crippen LogP) is 13.6. The number of fused-ring (bicyclic) bond motifs is 2. The molecule has 0 amide bonds. The molecule has 0 N–H and O–H groups in total. The van der Waals surface area contributed by atoms with Crippen LogP contribution < -0.4 is 9.64 Å². The van der Waals surface area contributed by atoms with E-state index in [1.54, 1.807) is 6.20 Å². The largest absolute Gasteiger partial charge is 2.00 e. The van der Waals surface area contributed by atoms with E-state index >= 15 is 0 Å². The number of aromatic nitrogens is 2. The minimum Gasteiger partial charge on any atom is -0.503 e. The van der Waals surface area contributed by atoms with E-state index in [4.69, 9.17) is 9.72 Å². The summed E-state index contributed by atoms with van der Waals surface area (Å²) in [5, 5.41) is 0. The van der Waals surface area contributed by atoms with Crippen LogP contribution in [0.3, 0.4) is 0 Å². The summed E-state index contributed by atoms with van der Waals surface area (Å²) in [6.07, 6.45) is 3.71. The van der Waals surface area contributed by atoms with Crippen LogP contribution in [-0.2, 0) is 42.7 Å². The van der Waals surface area contributed by atoms with E-state index in [9.17, 15) is 0 Å². The second-order valence-corrected chi connectivity index (χ2v) is 18.2. The summed E-state index contributed by atoms with van der Waals surface area (Å²) in [5.74, 6) is 1.19. The number of hydrogen-bond acceptors (Lipinski definition) is 4. The average Bonchev–Trinajstić information content (AvgIpc) is 3.19. The van der Waals surface area contributed by atoms with Gasteiger partial charge in [-0.25, -0.2) is 0 Å². The molecule has 2 aromatic heterocycles. The Balaban J connectivity index is 0.00000512. The van der Waals surface area contributed by atoms with E-state index in [2.05, 4.69) is 169 Å². The van der Waals surface area contributed by atoms with Gasteiger partial charge in [0.15, 0.2) is 0 Å². The molecule has 1 aliphatic rings. The Bertz CT molecular complexity index is 2480. The van der Waals surface area contributed by atoms with Gasteiger partial charge in [0.2, 0.25) is 0 Å². The molecule has 8 rings (SSSR count). The third-order valence-electron chi connectivity index (χ3n) is 11.2. The first-order chi connectivity index (χ1) is 27.1. The van der Waals surface area contributed by atoms with Gasteiger partial charge < -0.3 is 14.6 Å². The van der Waals surface area contributed by atoms with Crippen molar-refractivity contribution in [2.45, 2.75) is 84.0 Å². The van der Waals surface area contributed by atoms with Crippen LogP contribution in [0.5, 0.6) is 11.5 Å². The van der Waals surface area contributed by atoms with Gasteiger partial charge in [-0.15, -0.1) is 41.5 Å². The summed E-state index contributed by atoms with van der Waals surface area (Å²) >= 11 is 0. The first-order valence-electron chi connectivity index (χ1n) is 19.9. The van der Waals surface area contributed by atoms with Crippen LogP contribution >= 0.6 is 0 Å². The van der Waals surface area contributed by atoms with E-state index < -0.39 is 5.41 Å². The average molecular weight is 941 g/mol. The fourth-order valence-corrected chi connectivity index (χ4v) is 7.97. The van der Waals surface area contributed by atoms with Crippen molar-refractivity contribution < 1.29 is 25.8 Å². The molecule has 0 radical (unpaired) electrons. The number of hydrogen-bond donors (Lipinski definition) is 0. The first-order valence-corrected chi connectivity index (χ1v) is 19.9. The van der Waals surface area contributed by atoms with E-state index in [1.807, 2.05) is 54.7 Å². The number of pyridine rings is 2. The Kier molecular flexibility index (Phi) is 10.9. The smallest absolute Gasteiger partial charge is 0.503 e. The van der Waals surface area contributed by atoms with Gasteiger partial charge in [0.1, 0.15) is 0 Å². The summed E-state index contributed by atoms with van der Waals surface area (Å²) in [6, 6.07) is 54.7. The van der Waals surface area contributed by atoms with Gasteiger partial charge in [-0.05, 0) is 92.2 Å². The first kappa shape index (κ1) is 40.9. The molecule has 3 heterocycles. The Hall–Kier alpha value is -5.31. The zero-order chi connectivity index (χ0) is 40.2. The van der Waals surface area contributed by atoms with Crippen LogP contribution in [0, 0.1) is 12.1 Å². The van der Waals surface area contributed by atoms with Crippen molar-refractivity contribution in [3.05, 3.63) is 197 Å². The summed E-state index contributed by atoms with van der Waals surface area (Å²) in [4.78, 5) is 12.2. The summed E-state index contributed by atoms with van der Waals surface area (Å²) in [7, 11) is 0. The molecular formula is C53H51N3OPt. The standard InChI is InChI=1S/C53H51N3O.Pt/c1-50(2,3)37-22-26-41(27-23-37)56-47-28-24-38(51(4,5)6)34-44(47)53(49-21-11-13-31-55-49,45-35-39(52(7,8)9)25-29-48(45)56)40-17-15-19-43(33-40)57-42-18-14-16-36(32-42)46-20-10-12-30-54-46;/h10-31,34-35H,1-9H3;/q-2;+2. The van der Waals surface area contributed by atoms with E-state index in [0.29, 0.717) is 11.5 Å². The van der Waals surface area contributed by atoms with Crippen LogP contribution in [0.15, 0.2) is 146 Å². The molecule has 5 heteroatoms. The van der Waals surface area contributed by atoms with Crippen molar-refractivity contribution in [3.63, 3.8) is 0 Å². The summed E-state index contributed by atoms with van der Waals surface area (Å²) in [5.41, 5.74) is 11.9. The van der Waals surface area contributed by atoms with E-state index in [0.717, 1.165) is 50.7 Å². The maximum absolute atomic E-state index is 6.64.